The second-order valence-electron chi connectivity index (χ2n) is 6.85. The average molecular weight is 407 g/mol. The first-order valence-electron chi connectivity index (χ1n) is 9.88. The van der Waals surface area contributed by atoms with Crippen molar-refractivity contribution in [3.05, 3.63) is 71.6 Å². The number of aromatic nitrogens is 1. The molecule has 0 atom stereocenters. The fourth-order valence-corrected chi connectivity index (χ4v) is 2.70. The minimum atomic E-state index is -0.370. The summed E-state index contributed by atoms with van der Waals surface area (Å²) < 4.78 is 10.6. The second-order valence-corrected chi connectivity index (χ2v) is 6.85. The van der Waals surface area contributed by atoms with Crippen LogP contribution in [0.15, 0.2) is 59.2 Å². The van der Waals surface area contributed by atoms with Gasteiger partial charge in [0.25, 0.3) is 0 Å². The summed E-state index contributed by atoms with van der Waals surface area (Å²) in [6.07, 6.45) is 2.92. The largest absolute Gasteiger partial charge is 0.462 e. The third-order valence-corrected chi connectivity index (χ3v) is 4.33. The van der Waals surface area contributed by atoms with Gasteiger partial charge in [0, 0.05) is 24.2 Å². The zero-order chi connectivity index (χ0) is 21.3. The number of ether oxygens (including phenoxy) is 1. The molecule has 2 N–H and O–H groups in total. The molecule has 0 fully saturated rings. The van der Waals surface area contributed by atoms with Crippen molar-refractivity contribution in [3.63, 3.8) is 0 Å². The van der Waals surface area contributed by atoms with E-state index >= 15 is 0 Å². The average Bonchev–Trinajstić information content (AvgIpc) is 3.22. The Bertz CT molecular complexity index is 978. The number of carbonyl (C=O) groups excluding carboxylic acids is 2. The van der Waals surface area contributed by atoms with Gasteiger partial charge in [0.1, 0.15) is 6.26 Å². The molecule has 0 saturated heterocycles. The van der Waals surface area contributed by atoms with Crippen LogP contribution in [0.2, 0.25) is 0 Å². The summed E-state index contributed by atoms with van der Waals surface area (Å²) in [6, 6.07) is 14.2. The lowest BCUT2D eigenvalue weighted by Crippen LogP contribution is -2.30. The predicted molar refractivity (Wildman–Crippen MR) is 114 cm³/mol. The first kappa shape index (κ1) is 21.1. The van der Waals surface area contributed by atoms with E-state index in [0.29, 0.717) is 36.7 Å². The first-order chi connectivity index (χ1) is 14.5. The van der Waals surface area contributed by atoms with Gasteiger partial charge in [-0.15, -0.1) is 0 Å². The number of nitrogens with zero attached hydrogens (tertiary/aromatic N) is 1. The van der Waals surface area contributed by atoms with Crippen molar-refractivity contribution in [1.29, 1.82) is 0 Å². The Morgan fingerprint density at radius 1 is 1.07 bits per heavy atom. The van der Waals surface area contributed by atoms with Crippen molar-refractivity contribution >= 4 is 17.7 Å². The zero-order valence-electron chi connectivity index (χ0n) is 17.1. The number of hydrogen-bond acceptors (Lipinski definition) is 5. The van der Waals surface area contributed by atoms with Gasteiger partial charge < -0.3 is 19.8 Å². The first-order valence-corrected chi connectivity index (χ1v) is 9.88. The molecule has 0 saturated carbocycles. The van der Waals surface area contributed by atoms with Gasteiger partial charge in [-0.25, -0.2) is 14.6 Å². The van der Waals surface area contributed by atoms with Crippen LogP contribution in [0, 0.1) is 6.92 Å². The molecule has 0 bridgehead atoms. The molecule has 156 valence electrons. The van der Waals surface area contributed by atoms with Crippen LogP contribution < -0.4 is 10.6 Å². The molecule has 0 unspecified atom stereocenters. The van der Waals surface area contributed by atoms with Crippen LogP contribution in [0.4, 0.5) is 10.5 Å². The Morgan fingerprint density at radius 2 is 1.80 bits per heavy atom. The Morgan fingerprint density at radius 3 is 2.50 bits per heavy atom. The van der Waals surface area contributed by atoms with Gasteiger partial charge in [-0.05, 0) is 49.7 Å². The number of anilines is 1. The van der Waals surface area contributed by atoms with E-state index in [9.17, 15) is 9.59 Å². The van der Waals surface area contributed by atoms with Gasteiger partial charge in [-0.1, -0.05) is 24.6 Å². The molecule has 7 nitrogen and oxygen atoms in total. The molecule has 0 aliphatic heterocycles. The Kier molecular flexibility index (Phi) is 7.21. The van der Waals surface area contributed by atoms with Gasteiger partial charge in [0.15, 0.2) is 0 Å². The van der Waals surface area contributed by atoms with E-state index in [0.717, 1.165) is 17.7 Å². The predicted octanol–water partition coefficient (Wildman–Crippen LogP) is 4.58. The number of nitrogens with one attached hydrogen (secondary N) is 2. The van der Waals surface area contributed by atoms with Crippen LogP contribution in [0.3, 0.4) is 0 Å². The van der Waals surface area contributed by atoms with E-state index in [4.69, 9.17) is 9.15 Å². The molecule has 7 heteroatoms. The van der Waals surface area contributed by atoms with Gasteiger partial charge in [-0.2, -0.15) is 0 Å². The molecular formula is C23H25N3O4. The van der Waals surface area contributed by atoms with Crippen LogP contribution in [0.1, 0.15) is 35.0 Å². The van der Waals surface area contributed by atoms with E-state index in [1.165, 1.54) is 5.56 Å². The molecule has 1 heterocycles. The Labute approximate surface area is 175 Å². The van der Waals surface area contributed by atoms with E-state index in [-0.39, 0.29) is 12.0 Å². The van der Waals surface area contributed by atoms with Crippen molar-refractivity contribution in [2.45, 2.75) is 26.7 Å². The zero-order valence-corrected chi connectivity index (χ0v) is 17.1. The SMILES string of the molecule is CCCOC(=O)c1ccc(NC(=O)NCCc2coc(-c3ccc(C)cc3)n2)cc1. The molecule has 2 aromatic carbocycles. The maximum atomic E-state index is 12.1. The van der Waals surface area contributed by atoms with Crippen LogP contribution in [0.5, 0.6) is 0 Å². The number of esters is 1. The normalized spacial score (nSPS) is 10.5. The summed E-state index contributed by atoms with van der Waals surface area (Å²) in [6.45, 7) is 4.76. The molecule has 1 aromatic heterocycles. The summed E-state index contributed by atoms with van der Waals surface area (Å²) in [5, 5.41) is 5.51. The lowest BCUT2D eigenvalue weighted by atomic mass is 10.1. The molecule has 0 aliphatic carbocycles. The van der Waals surface area contributed by atoms with Gasteiger partial charge in [-0.3, -0.25) is 0 Å². The van der Waals surface area contributed by atoms with Crippen LogP contribution in [-0.2, 0) is 11.2 Å². The molecular weight excluding hydrogens is 382 g/mol. The van der Waals surface area contributed by atoms with Crippen molar-refractivity contribution in [3.8, 4) is 11.5 Å². The summed E-state index contributed by atoms with van der Waals surface area (Å²) in [5.74, 6) is 0.192. The fraction of sp³-hybridized carbons (Fsp3) is 0.261. The lowest BCUT2D eigenvalue weighted by Gasteiger charge is -2.08. The van der Waals surface area contributed by atoms with Crippen molar-refractivity contribution < 1.29 is 18.7 Å². The lowest BCUT2D eigenvalue weighted by molar-refractivity contribution is 0.0505. The quantitative estimate of drug-likeness (QED) is 0.533. The van der Waals surface area contributed by atoms with Crippen molar-refractivity contribution in [2.24, 2.45) is 0 Å². The maximum Gasteiger partial charge on any atom is 0.338 e. The summed E-state index contributed by atoms with van der Waals surface area (Å²) in [4.78, 5) is 28.3. The number of amides is 2. The highest BCUT2D eigenvalue weighted by atomic mass is 16.5. The smallest absolute Gasteiger partial charge is 0.338 e. The van der Waals surface area contributed by atoms with Gasteiger partial charge in [0.2, 0.25) is 5.89 Å². The van der Waals surface area contributed by atoms with Crippen LogP contribution >= 0.6 is 0 Å². The van der Waals surface area contributed by atoms with Crippen molar-refractivity contribution in [2.75, 3.05) is 18.5 Å². The minimum absolute atomic E-state index is 0.335. The fourth-order valence-electron chi connectivity index (χ4n) is 2.70. The highest BCUT2D eigenvalue weighted by molar-refractivity contribution is 5.92. The highest BCUT2D eigenvalue weighted by Crippen LogP contribution is 2.19. The molecule has 0 spiro atoms. The topological polar surface area (TPSA) is 93.5 Å². The van der Waals surface area contributed by atoms with E-state index in [1.54, 1.807) is 30.5 Å². The van der Waals surface area contributed by atoms with E-state index in [2.05, 4.69) is 15.6 Å². The summed E-state index contributed by atoms with van der Waals surface area (Å²) in [7, 11) is 0. The standard InChI is InChI=1S/C23H25N3O4/c1-3-14-29-22(27)18-8-10-19(11-9-18)26-23(28)24-13-12-20-15-30-21(25-20)17-6-4-16(2)5-7-17/h4-11,15H,3,12-14H2,1-2H3,(H2,24,26,28). The monoisotopic (exact) mass is 407 g/mol. The maximum absolute atomic E-state index is 12.1. The number of urea groups is 1. The highest BCUT2D eigenvalue weighted by Gasteiger charge is 2.09. The minimum Gasteiger partial charge on any atom is -0.462 e. The summed E-state index contributed by atoms with van der Waals surface area (Å²) >= 11 is 0. The second kappa shape index (κ2) is 10.2. The molecule has 3 aromatic rings. The number of rotatable bonds is 8. The molecule has 0 aliphatic rings. The number of benzene rings is 2. The number of hydrogen-bond donors (Lipinski definition) is 2. The van der Waals surface area contributed by atoms with E-state index in [1.807, 2.05) is 38.1 Å². The van der Waals surface area contributed by atoms with E-state index < -0.39 is 0 Å². The molecule has 0 radical (unpaired) electrons. The third-order valence-electron chi connectivity index (χ3n) is 4.33. The number of aryl methyl sites for hydroxylation is 1. The number of carbonyl (C=O) groups is 2. The Balaban J connectivity index is 1.44. The van der Waals surface area contributed by atoms with Crippen LogP contribution in [-0.4, -0.2) is 30.1 Å². The van der Waals surface area contributed by atoms with Gasteiger partial charge in [0.05, 0.1) is 17.9 Å². The molecule has 2 amide bonds. The summed E-state index contributed by atoms with van der Waals surface area (Å²) in [5.41, 5.74) is 3.89. The van der Waals surface area contributed by atoms with Crippen LogP contribution in [0.25, 0.3) is 11.5 Å². The van der Waals surface area contributed by atoms with Crippen molar-refractivity contribution in [1.82, 2.24) is 10.3 Å². The number of oxazole rings is 1. The molecule has 3 rings (SSSR count). The van der Waals surface area contributed by atoms with Gasteiger partial charge >= 0.3 is 12.0 Å². The Hall–Kier alpha value is -3.61. The molecule has 30 heavy (non-hydrogen) atoms. The third kappa shape index (κ3) is 5.94.